The lowest BCUT2D eigenvalue weighted by atomic mass is 10.1. The van der Waals surface area contributed by atoms with Crippen molar-refractivity contribution in [3.05, 3.63) is 161 Å². The van der Waals surface area contributed by atoms with Gasteiger partial charge in [0.25, 0.3) is 0 Å². The number of hydrogen-bond acceptors (Lipinski definition) is 44. The molecule has 0 bridgehead atoms. The van der Waals surface area contributed by atoms with Gasteiger partial charge >= 0.3 is 34.2 Å². The van der Waals surface area contributed by atoms with E-state index >= 15 is 0 Å². The van der Waals surface area contributed by atoms with E-state index in [9.17, 15) is 68.3 Å². The zero-order valence-electron chi connectivity index (χ0n) is 76.2. The zero-order chi connectivity index (χ0) is 106. The van der Waals surface area contributed by atoms with E-state index in [1.807, 2.05) is 0 Å². The molecule has 782 valence electrons. The largest absolute Gasteiger partial charge is 0.424 e. The molecular formula is C82H98Br4Cl6N23O26P3. The van der Waals surface area contributed by atoms with E-state index in [1.165, 1.54) is 76.2 Å². The quantitative estimate of drug-likeness (QED) is 0.0143. The molecule has 16 rings (SSSR count). The van der Waals surface area contributed by atoms with Crippen LogP contribution >= 0.6 is 156 Å². The van der Waals surface area contributed by atoms with Gasteiger partial charge in [0.05, 0.1) is 69.6 Å². The number of aromatic nitrogens is 15. The highest BCUT2D eigenvalue weighted by molar-refractivity contribution is 9.25. The first kappa shape index (κ1) is 114. The molecule has 21 atom stereocenters. The lowest BCUT2D eigenvalue weighted by molar-refractivity contribution is -0.120. The number of hydrogen-bond donors (Lipinski definition) is 15. The number of alkyl halides is 10. The van der Waals surface area contributed by atoms with Gasteiger partial charge in [-0.2, -0.15) is 39.9 Å². The molecule has 13 heterocycles. The Balaban J connectivity index is 0.000000164. The molecule has 8 aromatic heterocycles. The van der Waals surface area contributed by atoms with E-state index < -0.39 is 177 Å². The first-order valence-electron chi connectivity index (χ1n) is 42.8. The molecule has 62 heteroatoms. The van der Waals surface area contributed by atoms with Gasteiger partial charge in [0, 0.05) is 36.3 Å². The van der Waals surface area contributed by atoms with E-state index in [0.717, 1.165) is 4.57 Å². The molecule has 5 aliphatic heterocycles. The third-order valence-electron chi connectivity index (χ3n) is 22.6. The van der Waals surface area contributed by atoms with Gasteiger partial charge in [-0.25, -0.2) is 33.3 Å². The van der Waals surface area contributed by atoms with E-state index in [0.29, 0.717) is 33.8 Å². The van der Waals surface area contributed by atoms with Crippen molar-refractivity contribution in [3.8, 4) is 17.2 Å². The van der Waals surface area contributed by atoms with E-state index in [-0.39, 0.29) is 119 Å². The molecule has 0 aliphatic carbocycles. The van der Waals surface area contributed by atoms with Gasteiger partial charge in [0.1, 0.15) is 130 Å². The van der Waals surface area contributed by atoms with Crippen molar-refractivity contribution >= 4 is 254 Å². The van der Waals surface area contributed by atoms with E-state index in [4.69, 9.17) is 171 Å². The van der Waals surface area contributed by atoms with Gasteiger partial charge < -0.3 is 123 Å². The van der Waals surface area contributed by atoms with Gasteiger partial charge in [0.2, 0.25) is 17.8 Å². The predicted molar refractivity (Wildman–Crippen MR) is 545 cm³/mol. The maximum absolute atomic E-state index is 13.6. The molecular weight excluding hydrogens is 2350 g/mol. The van der Waals surface area contributed by atoms with Crippen molar-refractivity contribution in [2.75, 3.05) is 97.4 Å². The number of ether oxygens (including phenoxy) is 5. The molecule has 5 saturated heterocycles. The number of nitrogens with two attached hydrogens (primary N) is 8. The van der Waals surface area contributed by atoms with Crippen LogP contribution in [0.3, 0.4) is 0 Å². The highest BCUT2D eigenvalue weighted by Gasteiger charge is 2.61. The normalized spacial score (nSPS) is 25.5. The van der Waals surface area contributed by atoms with Crippen molar-refractivity contribution in [1.29, 1.82) is 0 Å². The summed E-state index contributed by atoms with van der Waals surface area (Å²) in [6.07, 6.45) is -10.1. The molecule has 49 nitrogen and oxygen atoms in total. The van der Waals surface area contributed by atoms with Crippen LogP contribution in [0.15, 0.2) is 150 Å². The topological polar surface area (TPSA) is 741 Å². The number of imidazole rings is 2. The smallest absolute Gasteiger partial charge is 0.379 e. The molecule has 3 aromatic carbocycles. The summed E-state index contributed by atoms with van der Waals surface area (Å²) in [7, 11) is -11.6. The zero-order valence-corrected chi connectivity index (χ0v) is 89.7. The second-order valence-corrected chi connectivity index (χ2v) is 51.0. The number of aliphatic hydroxyl groups excluding tert-OH is 7. The molecule has 23 N–H and O–H groups in total. The Hall–Kier alpha value is -8.30. The second-order valence-electron chi connectivity index (χ2n) is 33.2. The third kappa shape index (κ3) is 26.0. The van der Waals surface area contributed by atoms with Crippen LogP contribution < -0.4 is 70.8 Å². The average molecular weight is 2450 g/mol. The molecule has 0 amide bonds. The van der Waals surface area contributed by atoms with Crippen molar-refractivity contribution in [2.24, 2.45) is 17.8 Å². The molecule has 0 spiro atoms. The number of rotatable bonds is 31. The Bertz CT molecular complexity index is 6500. The highest BCUT2D eigenvalue weighted by Crippen LogP contribution is 2.59. The van der Waals surface area contributed by atoms with Gasteiger partial charge in [0.15, 0.2) is 73.5 Å². The number of anilines is 8. The Kier molecular flexibility index (Phi) is 37.2. The van der Waals surface area contributed by atoms with Crippen LogP contribution in [0.1, 0.15) is 72.7 Å². The monoisotopic (exact) mass is 2440 g/mol. The minimum atomic E-state index is -3.87. The minimum Gasteiger partial charge on any atom is -0.424 e. The van der Waals surface area contributed by atoms with E-state index in [2.05, 4.69) is 114 Å². The Morgan fingerprint density at radius 3 is 1.01 bits per heavy atom. The summed E-state index contributed by atoms with van der Waals surface area (Å²) in [5.74, 6) is -1.14. The number of nitrogens with zero attached hydrogens (tertiary/aromatic N) is 15. The van der Waals surface area contributed by atoms with Gasteiger partial charge in [-0.1, -0.05) is 209 Å². The number of nitrogen functional groups attached to an aromatic ring is 8. The summed E-state index contributed by atoms with van der Waals surface area (Å²) in [4.78, 5) is 98.8. The molecule has 144 heavy (non-hydrogen) atoms. The fourth-order valence-corrected chi connectivity index (χ4v) is 24.7. The maximum Gasteiger partial charge on any atom is 0.379 e. The number of aliphatic hydroxyl groups is 7. The number of carbonyl (C=O) groups is 3. The maximum atomic E-state index is 13.6. The predicted octanol–water partition coefficient (Wildman–Crippen LogP) is 8.54. The van der Waals surface area contributed by atoms with Crippen LogP contribution in [-0.2, 0) is 65.3 Å². The fraction of sp³-hybridized carbons (Fsp3) is 0.451. The number of carbonyl (C=O) groups excluding carboxylic acids is 3. The lowest BCUT2D eigenvalue weighted by Crippen LogP contribution is -2.39. The van der Waals surface area contributed by atoms with E-state index in [1.54, 1.807) is 124 Å². The Morgan fingerprint density at radius 2 is 0.681 bits per heavy atom. The van der Waals surface area contributed by atoms with Crippen molar-refractivity contribution in [1.82, 2.24) is 72.7 Å². The van der Waals surface area contributed by atoms with Crippen LogP contribution in [0, 0.1) is 17.8 Å². The molecule has 5 fully saturated rings. The van der Waals surface area contributed by atoms with Crippen LogP contribution in [0.5, 0.6) is 17.2 Å². The number of benzene rings is 3. The standard InChI is InChI=1S/C22H26Cl2N5O6P.C21H25Cl2N6O6P.C20H24Br2N3O7P.C10H12Cl2N6O3.C9H11Br2N3O4/c1-12(13(2)30)11-36(32,35-14-6-4-3-5-7-14)33-10-16-17(31)22(23,24)20(34-16)29-9-8-15-18(25)27-21(26)28-19(15)29;1-11(12(2)30)9-36(32,35-13-6-4-3-5-7-13)33-8-14-16(31)21(22,23)19(34-14)29-10-26-15-17(24)27-20(25)28-18(15)29;1-12(13(2)26)11-33(29,32-14-6-4-3-5-7-14)30-10-15-17(27)20(21,22)18(31-15)25-9-8-16(23)24-19(25)28;11-10(12)5(20)3(1-19)21-8(10)18-2-15-4-6(13)16-9(14)17-7(4)18;10-9(11)6(16)4(3-15)18-7(9)14-2-1-5(12)13-8(14)17/h3-9,12,16-17,20,31H,10-11H2,1-2H3,(H4,25,26,27,28);3-7,10-11,14,16,19,31H,8-9H2,1-2H3,(H4,24,25,27,28);3-9,12,15,17-18,27H,10-11H2,1-2H3,(H2,23,24,28);2-3,5,8,19-20H,1H2,(H4,13,14,16,17);1-2,4,6-7,15-16H,3H2,(H2,12,13,17)/t12-,16-,17+,20-,36?;11-,14-,16+,19-,36?;12-,15-,17+,18-,33?;3-,5+,8-;4-,6+,7-/m11111/s1. The first-order valence-corrected chi connectivity index (χ1v) is 53.5. The first-order chi connectivity index (χ1) is 67.5. The number of ketones is 3. The van der Waals surface area contributed by atoms with Gasteiger partial charge in [-0.15, -0.1) is 0 Å². The van der Waals surface area contributed by atoms with Crippen LogP contribution in [0.25, 0.3) is 33.4 Å². The summed E-state index contributed by atoms with van der Waals surface area (Å²) in [6, 6.07) is 29.8. The molecule has 0 radical (unpaired) electrons. The number of fused-ring (bicyclic) bond motifs is 3. The Morgan fingerprint density at radius 1 is 0.396 bits per heavy atom. The summed E-state index contributed by atoms with van der Waals surface area (Å²) >= 11 is 51.6. The molecule has 0 saturated carbocycles. The van der Waals surface area contributed by atoms with Crippen LogP contribution in [0.2, 0.25) is 0 Å². The van der Waals surface area contributed by atoms with Gasteiger partial charge in [-0.3, -0.25) is 46.2 Å². The van der Waals surface area contributed by atoms with Gasteiger partial charge in [-0.05, 0) is 75.4 Å². The average Bonchev–Trinajstić information content (AvgIpc) is 1.55. The number of para-hydroxylation sites is 3. The van der Waals surface area contributed by atoms with Crippen molar-refractivity contribution < 1.29 is 115 Å². The summed E-state index contributed by atoms with van der Waals surface area (Å²) < 4.78 is 102. The summed E-state index contributed by atoms with van der Waals surface area (Å²) in [6.45, 7) is 7.14. The lowest BCUT2D eigenvalue weighted by Gasteiger charge is -2.25. The summed E-state index contributed by atoms with van der Waals surface area (Å²) in [5, 5.41) is 71.3. The third-order valence-corrected chi connectivity index (χ3v) is 34.6. The van der Waals surface area contributed by atoms with Crippen LogP contribution in [0.4, 0.5) is 46.9 Å². The molecule has 11 aromatic rings. The molecule has 5 aliphatic rings. The molecule has 3 unspecified atom stereocenters. The van der Waals surface area contributed by atoms with Crippen molar-refractivity contribution in [2.45, 2.75) is 153 Å². The Labute approximate surface area is 881 Å². The van der Waals surface area contributed by atoms with Crippen molar-refractivity contribution in [3.63, 3.8) is 0 Å². The number of Topliss-reactive ketones (excluding diaryl/α,β-unsaturated/α-hetero) is 3. The minimum absolute atomic E-state index is 0.0445. The second kappa shape index (κ2) is 46.9. The fourth-order valence-electron chi connectivity index (χ4n) is 14.5. The number of halogens is 10. The SMILES string of the molecule is CC(=O)[C@H](C)CP(=O)(OC[C@H]1O[C@@H](n2ccc(N)nc2=O)C(Br)(Br)[C@H]1O)Oc1ccccc1.CC(=O)[C@H](C)CP(=O)(OC[C@H]1O[C@@H](n2ccc3c(N)nc(N)nc32)C(Cl)(Cl)[C@H]1O)Oc1ccccc1.CC(=O)[C@H](C)CP(=O)(OC[C@H]1O[C@@H](n2cnc3c(N)nc(N)nc32)C(Cl)(Cl)[C@H]1O)Oc1ccccc1.Nc1ccn([C@@H]2O[C@H](CO)[C@H](O)C2(Br)Br)c(=O)n1.Nc1nc(N)c2ncn([C@@H]3O[C@H](CO)[C@H](O)C3(Cl)Cl)c2n1. The highest BCUT2D eigenvalue weighted by atomic mass is 79.9. The van der Waals surface area contributed by atoms with Crippen LogP contribution in [-0.4, -0.2) is 258 Å². The summed E-state index contributed by atoms with van der Waals surface area (Å²) in [5.41, 5.74) is 45.5.